The molecule has 1 heterocycles. The third kappa shape index (κ3) is 1.27. The Bertz CT molecular complexity index is 305. The predicted molar refractivity (Wildman–Crippen MR) is 48.0 cm³/mol. The zero-order valence-corrected chi connectivity index (χ0v) is 7.59. The summed E-state index contributed by atoms with van der Waals surface area (Å²) in [7, 11) is 0. The van der Waals surface area contributed by atoms with E-state index in [4.69, 9.17) is 9.84 Å². The second-order valence-corrected chi connectivity index (χ2v) is 3.57. The fraction of sp³-hybridized carbons (Fsp3) is 0.500. The van der Waals surface area contributed by atoms with Crippen molar-refractivity contribution in [3.05, 3.63) is 23.5 Å². The van der Waals surface area contributed by atoms with Crippen molar-refractivity contribution in [3.63, 3.8) is 0 Å². The number of fused-ring (bicyclic) bond motifs is 1. The quantitative estimate of drug-likeness (QED) is 0.481. The van der Waals surface area contributed by atoms with Gasteiger partial charge in [0.25, 0.3) is 0 Å². The first-order chi connectivity index (χ1) is 6.77. The lowest BCUT2D eigenvalue weighted by Crippen LogP contribution is -2.33. The lowest BCUT2D eigenvalue weighted by molar-refractivity contribution is -0.115. The van der Waals surface area contributed by atoms with Crippen molar-refractivity contribution in [2.24, 2.45) is 11.8 Å². The van der Waals surface area contributed by atoms with Crippen LogP contribution in [0.2, 0.25) is 0 Å². The number of carbonyl (C=O) groups is 1. The molecule has 2 N–H and O–H groups in total. The van der Waals surface area contributed by atoms with E-state index in [1.54, 1.807) is 0 Å². The van der Waals surface area contributed by atoms with Gasteiger partial charge in [0.05, 0.1) is 18.8 Å². The molecule has 3 atom stereocenters. The summed E-state index contributed by atoms with van der Waals surface area (Å²) in [5.74, 6) is -0.288. The highest BCUT2D eigenvalue weighted by Gasteiger charge is 2.40. The molecule has 0 aromatic carbocycles. The normalized spacial score (nSPS) is 35.4. The third-order valence-electron chi connectivity index (χ3n) is 2.89. The van der Waals surface area contributed by atoms with Crippen LogP contribution in [0.1, 0.15) is 6.42 Å². The molecule has 1 aliphatic carbocycles. The van der Waals surface area contributed by atoms with Gasteiger partial charge in [-0.05, 0) is 12.0 Å². The molecule has 76 valence electrons. The van der Waals surface area contributed by atoms with Crippen LogP contribution in [-0.2, 0) is 9.53 Å². The Kier molecular flexibility index (Phi) is 2.39. The van der Waals surface area contributed by atoms with E-state index in [0.717, 1.165) is 11.9 Å². The molecule has 0 aromatic heterocycles. The summed E-state index contributed by atoms with van der Waals surface area (Å²) >= 11 is 0. The number of carbonyl (C=O) groups excluding carboxylic acids is 1. The van der Waals surface area contributed by atoms with Gasteiger partial charge in [-0.25, -0.2) is 0 Å². The molecule has 0 amide bonds. The van der Waals surface area contributed by atoms with E-state index >= 15 is 0 Å². The molecular formula is C10H12O4. The zero-order chi connectivity index (χ0) is 10.1. The number of ether oxygens (including phenoxy) is 1. The van der Waals surface area contributed by atoms with Crippen LogP contribution in [0.15, 0.2) is 23.5 Å². The fourth-order valence-corrected chi connectivity index (χ4v) is 2.15. The Labute approximate surface area is 81.5 Å². The molecule has 0 bridgehead atoms. The molecule has 0 unspecified atom stereocenters. The monoisotopic (exact) mass is 196 g/mol. The van der Waals surface area contributed by atoms with E-state index in [-0.39, 0.29) is 18.4 Å². The minimum Gasteiger partial charge on any atom is -0.472 e. The zero-order valence-electron chi connectivity index (χ0n) is 7.59. The number of aliphatic hydroxyl groups is 2. The van der Waals surface area contributed by atoms with Crippen LogP contribution >= 0.6 is 0 Å². The maximum absolute atomic E-state index is 10.7. The van der Waals surface area contributed by atoms with Gasteiger partial charge in [-0.15, -0.1) is 0 Å². The smallest absolute Gasteiger partial charge is 0.203 e. The van der Waals surface area contributed by atoms with Crippen LogP contribution in [0, 0.1) is 11.8 Å². The van der Waals surface area contributed by atoms with Gasteiger partial charge in [-0.3, -0.25) is 4.79 Å². The summed E-state index contributed by atoms with van der Waals surface area (Å²) in [5.41, 5.74) is 1.31. The molecule has 0 spiro atoms. The van der Waals surface area contributed by atoms with Crippen LogP contribution in [0.25, 0.3) is 0 Å². The average Bonchev–Trinajstić information content (AvgIpc) is 2.63. The summed E-state index contributed by atoms with van der Waals surface area (Å²) in [5, 5.41) is 18.6. The number of allylic oxidation sites excluding steroid dienone is 2. The van der Waals surface area contributed by atoms with Crippen molar-refractivity contribution >= 4 is 6.29 Å². The van der Waals surface area contributed by atoms with E-state index in [9.17, 15) is 9.90 Å². The summed E-state index contributed by atoms with van der Waals surface area (Å²) in [6, 6.07) is 0. The number of hydrogen-bond acceptors (Lipinski definition) is 4. The van der Waals surface area contributed by atoms with Crippen LogP contribution in [0.3, 0.4) is 0 Å². The van der Waals surface area contributed by atoms with E-state index in [0.29, 0.717) is 12.0 Å². The summed E-state index contributed by atoms with van der Waals surface area (Å²) in [6.45, 7) is -0.0896. The Morgan fingerprint density at radius 1 is 1.64 bits per heavy atom. The maximum atomic E-state index is 10.7. The van der Waals surface area contributed by atoms with Crippen molar-refractivity contribution in [2.45, 2.75) is 12.7 Å². The van der Waals surface area contributed by atoms with Gasteiger partial charge < -0.3 is 14.9 Å². The highest BCUT2D eigenvalue weighted by atomic mass is 16.6. The highest BCUT2D eigenvalue weighted by Crippen LogP contribution is 2.41. The van der Waals surface area contributed by atoms with Gasteiger partial charge in [0.2, 0.25) is 6.29 Å². The van der Waals surface area contributed by atoms with E-state index in [2.05, 4.69) is 0 Å². The number of aliphatic hydroxyl groups excluding tert-OH is 2. The van der Waals surface area contributed by atoms with E-state index in [1.807, 2.05) is 6.08 Å². The van der Waals surface area contributed by atoms with E-state index in [1.165, 1.54) is 6.26 Å². The Balaban J connectivity index is 2.27. The number of hydrogen-bond donors (Lipinski definition) is 2. The number of rotatable bonds is 2. The SMILES string of the molecule is O=CC1=CO[C@@H](O)[C@@H]2C(CO)=CC[C@H]12. The molecule has 2 aliphatic rings. The van der Waals surface area contributed by atoms with Gasteiger partial charge in [-0.1, -0.05) is 6.08 Å². The molecule has 2 rings (SSSR count). The Morgan fingerprint density at radius 2 is 2.43 bits per heavy atom. The maximum Gasteiger partial charge on any atom is 0.203 e. The van der Waals surface area contributed by atoms with Gasteiger partial charge in [0.15, 0.2) is 0 Å². The summed E-state index contributed by atoms with van der Waals surface area (Å²) in [6.07, 6.45) is 3.67. The average molecular weight is 196 g/mol. The lowest BCUT2D eigenvalue weighted by atomic mass is 9.84. The Hall–Kier alpha value is -1.13. The van der Waals surface area contributed by atoms with Gasteiger partial charge >= 0.3 is 0 Å². The first kappa shape index (κ1) is 9.43. The van der Waals surface area contributed by atoms with Crippen molar-refractivity contribution < 1.29 is 19.7 Å². The number of aldehydes is 1. The first-order valence-electron chi connectivity index (χ1n) is 4.56. The molecule has 4 heteroatoms. The molecule has 0 fully saturated rings. The van der Waals surface area contributed by atoms with Gasteiger partial charge in [0, 0.05) is 11.5 Å². The molecule has 0 saturated heterocycles. The minimum atomic E-state index is -0.940. The lowest BCUT2D eigenvalue weighted by Gasteiger charge is -2.30. The first-order valence-corrected chi connectivity index (χ1v) is 4.56. The van der Waals surface area contributed by atoms with Crippen LogP contribution in [-0.4, -0.2) is 29.4 Å². The molecule has 0 radical (unpaired) electrons. The molecule has 0 aromatic rings. The summed E-state index contributed by atoms with van der Waals surface area (Å²) in [4.78, 5) is 10.7. The van der Waals surface area contributed by atoms with Crippen LogP contribution < -0.4 is 0 Å². The predicted octanol–water partition coefficient (Wildman–Crippen LogP) is -0.0274. The fourth-order valence-electron chi connectivity index (χ4n) is 2.15. The van der Waals surface area contributed by atoms with Crippen LogP contribution in [0.4, 0.5) is 0 Å². The second kappa shape index (κ2) is 3.55. The third-order valence-corrected chi connectivity index (χ3v) is 2.89. The standard InChI is InChI=1S/C10H12O4/c11-3-6-1-2-8-7(4-12)5-14-10(13)9(6)8/h1,4-5,8-11,13H,2-3H2/t8-,9-,10-/m1/s1. The molecule has 4 nitrogen and oxygen atoms in total. The molecule has 1 aliphatic heterocycles. The van der Waals surface area contributed by atoms with Gasteiger partial charge in [0.1, 0.15) is 6.29 Å². The van der Waals surface area contributed by atoms with E-state index < -0.39 is 6.29 Å². The topological polar surface area (TPSA) is 66.8 Å². The minimum absolute atomic E-state index is 0.0293. The Morgan fingerprint density at radius 3 is 3.07 bits per heavy atom. The molecule has 0 saturated carbocycles. The molecular weight excluding hydrogens is 184 g/mol. The van der Waals surface area contributed by atoms with Crippen molar-refractivity contribution in [1.29, 1.82) is 0 Å². The second-order valence-electron chi connectivity index (χ2n) is 3.57. The van der Waals surface area contributed by atoms with Gasteiger partial charge in [-0.2, -0.15) is 0 Å². The van der Waals surface area contributed by atoms with Crippen molar-refractivity contribution in [1.82, 2.24) is 0 Å². The largest absolute Gasteiger partial charge is 0.472 e. The molecule has 14 heavy (non-hydrogen) atoms. The van der Waals surface area contributed by atoms with Crippen molar-refractivity contribution in [3.8, 4) is 0 Å². The highest BCUT2D eigenvalue weighted by molar-refractivity contribution is 5.74. The van der Waals surface area contributed by atoms with Crippen LogP contribution in [0.5, 0.6) is 0 Å². The van der Waals surface area contributed by atoms with Crippen molar-refractivity contribution in [2.75, 3.05) is 6.61 Å². The summed E-state index contributed by atoms with van der Waals surface area (Å²) < 4.78 is 4.94.